The molecule has 1 heterocycles. The number of halogens is 3. The molecule has 0 bridgehead atoms. The van der Waals surface area contributed by atoms with Crippen LogP contribution in [0.4, 0.5) is 24.5 Å². The third-order valence-electron chi connectivity index (χ3n) is 4.93. The third kappa shape index (κ3) is 5.69. The van der Waals surface area contributed by atoms with E-state index >= 15 is 0 Å². The largest absolute Gasteiger partial charge is 0.489 e. The van der Waals surface area contributed by atoms with Crippen LogP contribution in [-0.4, -0.2) is 15.2 Å². The van der Waals surface area contributed by atoms with E-state index in [4.69, 9.17) is 17.0 Å². The molecule has 0 spiro atoms. The first-order chi connectivity index (χ1) is 16.6. The highest BCUT2D eigenvalue weighted by molar-refractivity contribution is 8.27. The van der Waals surface area contributed by atoms with E-state index in [1.807, 2.05) is 0 Å². The number of thiocarbonyl (C=S) groups is 1. The highest BCUT2D eigenvalue weighted by Gasteiger charge is 2.36. The molecule has 11 heteroatoms. The van der Waals surface area contributed by atoms with Crippen molar-refractivity contribution in [1.29, 1.82) is 0 Å². The van der Waals surface area contributed by atoms with Crippen molar-refractivity contribution in [1.82, 2.24) is 0 Å². The van der Waals surface area contributed by atoms with Crippen LogP contribution in [0.2, 0.25) is 0 Å². The van der Waals surface area contributed by atoms with Gasteiger partial charge in [-0.25, -0.2) is 0 Å². The number of hydrogen-bond acceptors (Lipinski definition) is 6. The van der Waals surface area contributed by atoms with Crippen LogP contribution in [0.5, 0.6) is 5.75 Å². The fourth-order valence-corrected chi connectivity index (χ4v) is 4.54. The number of ether oxygens (including phenoxy) is 1. The summed E-state index contributed by atoms with van der Waals surface area (Å²) >= 11 is 6.25. The zero-order valence-corrected chi connectivity index (χ0v) is 19.3. The van der Waals surface area contributed by atoms with E-state index in [0.717, 1.165) is 34.4 Å². The predicted octanol–water partition coefficient (Wildman–Crippen LogP) is 6.60. The molecule has 6 nitrogen and oxygen atoms in total. The lowest BCUT2D eigenvalue weighted by Gasteiger charge is -2.16. The average Bonchev–Trinajstić information content (AvgIpc) is 3.10. The highest BCUT2D eigenvalue weighted by atomic mass is 32.2. The fourth-order valence-electron chi connectivity index (χ4n) is 3.24. The standard InChI is InChI=1S/C24H15F3N2O4S2/c25-24(26,27)17-4-2-5-19(13-17)28-22(30)21(35-23(28)34)12-16-3-1-6-20(11-16)33-14-15-7-9-18(10-8-15)29(31)32/h1-13H,14H2/b21-12-. The molecule has 0 atom stereocenters. The van der Waals surface area contributed by atoms with Crippen LogP contribution < -0.4 is 9.64 Å². The summed E-state index contributed by atoms with van der Waals surface area (Å²) in [6, 6.07) is 17.3. The summed E-state index contributed by atoms with van der Waals surface area (Å²) in [5.41, 5.74) is 0.536. The van der Waals surface area contributed by atoms with Gasteiger partial charge in [0.25, 0.3) is 11.6 Å². The molecule has 4 rings (SSSR count). The molecular formula is C24H15F3N2O4S2. The van der Waals surface area contributed by atoms with E-state index in [0.29, 0.717) is 11.3 Å². The highest BCUT2D eigenvalue weighted by Crippen LogP contribution is 2.38. The van der Waals surface area contributed by atoms with Crippen LogP contribution in [0, 0.1) is 10.1 Å². The number of benzene rings is 3. The first-order valence-corrected chi connectivity index (χ1v) is 11.3. The van der Waals surface area contributed by atoms with E-state index in [-0.39, 0.29) is 27.2 Å². The predicted molar refractivity (Wildman–Crippen MR) is 131 cm³/mol. The normalized spacial score (nSPS) is 15.1. The second-order valence-electron chi connectivity index (χ2n) is 7.35. The first-order valence-electron chi connectivity index (χ1n) is 10.0. The molecule has 0 saturated carbocycles. The number of thioether (sulfide) groups is 1. The van der Waals surface area contributed by atoms with Gasteiger partial charge < -0.3 is 4.74 Å². The molecule has 0 unspecified atom stereocenters. The quantitative estimate of drug-likeness (QED) is 0.159. The summed E-state index contributed by atoms with van der Waals surface area (Å²) < 4.78 is 45.1. The lowest BCUT2D eigenvalue weighted by Crippen LogP contribution is -2.27. The Morgan fingerprint density at radius 1 is 1.06 bits per heavy atom. The van der Waals surface area contributed by atoms with Gasteiger partial charge in [-0.15, -0.1) is 0 Å². The number of anilines is 1. The SMILES string of the molecule is O=C1/C(=C/c2cccc(OCc3ccc([N+](=O)[O-])cc3)c2)SC(=S)N1c1cccc(C(F)(F)F)c1. The number of carbonyl (C=O) groups excluding carboxylic acids is 1. The van der Waals surface area contributed by atoms with Crippen molar-refractivity contribution in [2.75, 3.05) is 4.90 Å². The van der Waals surface area contributed by atoms with Gasteiger partial charge in [0.05, 0.1) is 21.1 Å². The number of amides is 1. The van der Waals surface area contributed by atoms with Gasteiger partial charge in [-0.2, -0.15) is 13.2 Å². The maximum atomic E-state index is 13.1. The Balaban J connectivity index is 1.49. The number of nitro groups is 1. The van der Waals surface area contributed by atoms with Crippen molar-refractivity contribution in [3.05, 3.63) is 105 Å². The average molecular weight is 517 g/mol. The van der Waals surface area contributed by atoms with Crippen LogP contribution in [-0.2, 0) is 17.6 Å². The van der Waals surface area contributed by atoms with Gasteiger partial charge in [0.2, 0.25) is 0 Å². The Labute approximate surface area is 207 Å². The lowest BCUT2D eigenvalue weighted by molar-refractivity contribution is -0.384. The molecule has 3 aromatic rings. The molecule has 3 aromatic carbocycles. The molecule has 0 aromatic heterocycles. The van der Waals surface area contributed by atoms with E-state index in [9.17, 15) is 28.1 Å². The second-order valence-corrected chi connectivity index (χ2v) is 9.03. The number of nitro benzene ring substituents is 1. The van der Waals surface area contributed by atoms with E-state index < -0.39 is 22.6 Å². The molecule has 1 aliphatic heterocycles. The van der Waals surface area contributed by atoms with E-state index in [2.05, 4.69) is 0 Å². The van der Waals surface area contributed by atoms with Crippen LogP contribution in [0.15, 0.2) is 77.7 Å². The summed E-state index contributed by atoms with van der Waals surface area (Å²) in [5, 5.41) is 10.8. The van der Waals surface area contributed by atoms with Crippen molar-refractivity contribution in [2.24, 2.45) is 0 Å². The van der Waals surface area contributed by atoms with Gasteiger partial charge in [-0.1, -0.05) is 42.2 Å². The van der Waals surface area contributed by atoms with Crippen molar-refractivity contribution in [3.63, 3.8) is 0 Å². The Morgan fingerprint density at radius 2 is 1.77 bits per heavy atom. The van der Waals surface area contributed by atoms with Crippen LogP contribution in [0.25, 0.3) is 6.08 Å². The molecule has 0 aliphatic carbocycles. The topological polar surface area (TPSA) is 72.7 Å². The number of nitrogens with zero attached hydrogens (tertiary/aromatic N) is 2. The van der Waals surface area contributed by atoms with E-state index in [1.165, 1.54) is 24.3 Å². The summed E-state index contributed by atoms with van der Waals surface area (Å²) in [6.07, 6.45) is -2.95. The van der Waals surface area contributed by atoms with Crippen molar-refractivity contribution in [3.8, 4) is 5.75 Å². The second kappa shape index (κ2) is 9.88. The summed E-state index contributed by atoms with van der Waals surface area (Å²) in [7, 11) is 0. The number of non-ortho nitro benzene ring substituents is 1. The molecule has 1 aliphatic rings. The molecule has 1 fully saturated rings. The van der Waals surface area contributed by atoms with Gasteiger partial charge in [-0.05, 0) is 59.7 Å². The monoisotopic (exact) mass is 516 g/mol. The Kier molecular flexibility index (Phi) is 6.90. The Hall–Kier alpha value is -3.70. The molecule has 1 saturated heterocycles. The molecule has 0 radical (unpaired) electrons. The molecule has 1 amide bonds. The maximum Gasteiger partial charge on any atom is 0.416 e. The van der Waals surface area contributed by atoms with Crippen LogP contribution >= 0.6 is 24.0 Å². The first kappa shape index (κ1) is 24.4. The number of rotatable bonds is 6. The van der Waals surface area contributed by atoms with Crippen LogP contribution in [0.1, 0.15) is 16.7 Å². The summed E-state index contributed by atoms with van der Waals surface area (Å²) in [6.45, 7) is 0.180. The number of carbonyl (C=O) groups is 1. The minimum Gasteiger partial charge on any atom is -0.489 e. The Morgan fingerprint density at radius 3 is 2.46 bits per heavy atom. The molecule has 0 N–H and O–H groups in total. The summed E-state index contributed by atoms with van der Waals surface area (Å²) in [4.78, 5) is 24.6. The van der Waals surface area contributed by atoms with Crippen molar-refractivity contribution >= 4 is 51.7 Å². The van der Waals surface area contributed by atoms with Gasteiger partial charge in [0, 0.05) is 12.1 Å². The van der Waals surface area contributed by atoms with Crippen molar-refractivity contribution < 1.29 is 27.6 Å². The van der Waals surface area contributed by atoms with Gasteiger partial charge >= 0.3 is 6.18 Å². The molecular weight excluding hydrogens is 501 g/mol. The lowest BCUT2D eigenvalue weighted by atomic mass is 10.1. The molecule has 35 heavy (non-hydrogen) atoms. The number of hydrogen-bond donors (Lipinski definition) is 0. The van der Waals surface area contributed by atoms with Gasteiger partial charge in [-0.3, -0.25) is 19.8 Å². The smallest absolute Gasteiger partial charge is 0.416 e. The fraction of sp³-hybridized carbons (Fsp3) is 0.0833. The van der Waals surface area contributed by atoms with Crippen LogP contribution in [0.3, 0.4) is 0 Å². The van der Waals surface area contributed by atoms with E-state index in [1.54, 1.807) is 42.5 Å². The molecule has 178 valence electrons. The number of alkyl halides is 3. The van der Waals surface area contributed by atoms with Crippen molar-refractivity contribution in [2.45, 2.75) is 12.8 Å². The summed E-state index contributed by atoms with van der Waals surface area (Å²) in [5.74, 6) is -0.0121. The van der Waals surface area contributed by atoms with Gasteiger partial charge in [0.1, 0.15) is 12.4 Å². The maximum absolute atomic E-state index is 13.1. The minimum atomic E-state index is -4.54. The Bertz CT molecular complexity index is 1340. The minimum absolute atomic E-state index is 0.0156. The zero-order chi connectivity index (χ0) is 25.2. The third-order valence-corrected chi connectivity index (χ3v) is 6.24. The zero-order valence-electron chi connectivity index (χ0n) is 17.7. The van der Waals surface area contributed by atoms with Gasteiger partial charge in [0.15, 0.2) is 4.32 Å².